The van der Waals surface area contributed by atoms with E-state index in [0.29, 0.717) is 35.2 Å². The van der Waals surface area contributed by atoms with Gasteiger partial charge in [-0.2, -0.15) is 5.10 Å². The van der Waals surface area contributed by atoms with Crippen LogP contribution in [0.5, 0.6) is 17.2 Å². The Bertz CT molecular complexity index is 684. The first-order valence-corrected chi connectivity index (χ1v) is 7.19. The number of carbonyl (C=O) groups excluding carboxylic acids is 1. The first-order chi connectivity index (χ1) is 11.0. The van der Waals surface area contributed by atoms with Gasteiger partial charge in [-0.25, -0.2) is 0 Å². The molecule has 1 N–H and O–H groups in total. The third-order valence-corrected chi connectivity index (χ3v) is 3.44. The molecule has 2 rings (SSSR count). The number of aromatic nitrogens is 2. The molecule has 0 saturated heterocycles. The summed E-state index contributed by atoms with van der Waals surface area (Å²) in [6.07, 6.45) is 0. The summed E-state index contributed by atoms with van der Waals surface area (Å²) in [5.41, 5.74) is 1.83. The molecule has 1 amide bonds. The van der Waals surface area contributed by atoms with Crippen molar-refractivity contribution in [1.82, 2.24) is 9.78 Å². The zero-order chi connectivity index (χ0) is 17.0. The second kappa shape index (κ2) is 7.04. The molecular formula is C16H21N3O4. The number of aryl methyl sites for hydroxylation is 2. The maximum absolute atomic E-state index is 12.3. The summed E-state index contributed by atoms with van der Waals surface area (Å²) in [6.45, 7) is 4.59. The zero-order valence-electron chi connectivity index (χ0n) is 14.0. The van der Waals surface area contributed by atoms with Crippen molar-refractivity contribution in [3.05, 3.63) is 29.6 Å². The predicted molar refractivity (Wildman–Crippen MR) is 86.7 cm³/mol. The van der Waals surface area contributed by atoms with Crippen LogP contribution in [0.1, 0.15) is 23.1 Å². The van der Waals surface area contributed by atoms with Gasteiger partial charge in [-0.05, 0) is 19.9 Å². The van der Waals surface area contributed by atoms with Gasteiger partial charge in [-0.1, -0.05) is 0 Å². The maximum atomic E-state index is 12.3. The van der Waals surface area contributed by atoms with Gasteiger partial charge in [-0.3, -0.25) is 9.48 Å². The van der Waals surface area contributed by atoms with Gasteiger partial charge >= 0.3 is 0 Å². The number of hydrogen-bond donors (Lipinski definition) is 1. The van der Waals surface area contributed by atoms with E-state index in [1.54, 1.807) is 22.9 Å². The Balaban J connectivity index is 2.29. The van der Waals surface area contributed by atoms with E-state index >= 15 is 0 Å². The summed E-state index contributed by atoms with van der Waals surface area (Å²) in [5, 5.41) is 7.05. The summed E-state index contributed by atoms with van der Waals surface area (Å²) >= 11 is 0. The molecule has 2 aromatic rings. The number of ether oxygens (including phenoxy) is 3. The molecule has 0 bridgehead atoms. The van der Waals surface area contributed by atoms with Gasteiger partial charge in [0.25, 0.3) is 5.91 Å². The normalized spacial score (nSPS) is 10.3. The van der Waals surface area contributed by atoms with Crippen molar-refractivity contribution in [2.24, 2.45) is 0 Å². The first-order valence-electron chi connectivity index (χ1n) is 7.19. The molecule has 0 spiro atoms. The monoisotopic (exact) mass is 319 g/mol. The highest BCUT2D eigenvalue weighted by Gasteiger charge is 2.16. The predicted octanol–water partition coefficient (Wildman–Crippen LogP) is 2.49. The molecule has 0 atom stereocenters. The quantitative estimate of drug-likeness (QED) is 0.885. The molecule has 0 radical (unpaired) electrons. The molecule has 0 aliphatic heterocycles. The largest absolute Gasteiger partial charge is 0.493 e. The second-order valence-electron chi connectivity index (χ2n) is 4.85. The van der Waals surface area contributed by atoms with Crippen LogP contribution in [0.3, 0.4) is 0 Å². The molecule has 23 heavy (non-hydrogen) atoms. The highest BCUT2D eigenvalue weighted by atomic mass is 16.5. The minimum Gasteiger partial charge on any atom is -0.493 e. The average molecular weight is 319 g/mol. The number of nitrogens with one attached hydrogen (secondary N) is 1. The molecule has 1 heterocycles. The number of hydrogen-bond acceptors (Lipinski definition) is 5. The van der Waals surface area contributed by atoms with E-state index in [9.17, 15) is 4.79 Å². The van der Waals surface area contributed by atoms with E-state index in [1.165, 1.54) is 21.3 Å². The third kappa shape index (κ3) is 3.39. The minimum atomic E-state index is -0.297. The fourth-order valence-electron chi connectivity index (χ4n) is 2.29. The Labute approximate surface area is 135 Å². The number of carbonyl (C=O) groups is 1. The standard InChI is InChI=1S/C16H21N3O4/c1-6-19-10(2)7-12(18-19)16(20)17-11-8-13(21-3)15(23-5)14(9-11)22-4/h7-9H,6H2,1-5H3,(H,17,20). The lowest BCUT2D eigenvalue weighted by Gasteiger charge is -2.14. The molecule has 0 aliphatic rings. The molecule has 7 heteroatoms. The highest BCUT2D eigenvalue weighted by molar-refractivity contribution is 6.03. The summed E-state index contributed by atoms with van der Waals surface area (Å²) in [6, 6.07) is 5.09. The molecular weight excluding hydrogens is 298 g/mol. The minimum absolute atomic E-state index is 0.297. The van der Waals surface area contributed by atoms with Crippen LogP contribution in [0, 0.1) is 6.92 Å². The van der Waals surface area contributed by atoms with Gasteiger partial charge in [-0.15, -0.1) is 0 Å². The van der Waals surface area contributed by atoms with E-state index in [0.717, 1.165) is 5.69 Å². The fourth-order valence-corrected chi connectivity index (χ4v) is 2.29. The fraction of sp³-hybridized carbons (Fsp3) is 0.375. The molecule has 0 fully saturated rings. The summed E-state index contributed by atoms with van der Waals surface area (Å²) in [7, 11) is 4.57. The number of benzene rings is 1. The zero-order valence-corrected chi connectivity index (χ0v) is 14.0. The molecule has 1 aromatic carbocycles. The van der Waals surface area contributed by atoms with Crippen molar-refractivity contribution >= 4 is 11.6 Å². The molecule has 0 aliphatic carbocycles. The van der Waals surface area contributed by atoms with E-state index in [4.69, 9.17) is 14.2 Å². The lowest BCUT2D eigenvalue weighted by atomic mass is 10.2. The van der Waals surface area contributed by atoms with Crippen LogP contribution in [0.2, 0.25) is 0 Å². The lowest BCUT2D eigenvalue weighted by molar-refractivity contribution is 0.102. The Morgan fingerprint density at radius 3 is 2.17 bits per heavy atom. The van der Waals surface area contributed by atoms with Crippen molar-refractivity contribution in [3.8, 4) is 17.2 Å². The Hall–Kier alpha value is -2.70. The number of amides is 1. The average Bonchev–Trinajstić information content (AvgIpc) is 2.94. The van der Waals surface area contributed by atoms with Crippen molar-refractivity contribution in [1.29, 1.82) is 0 Å². The highest BCUT2D eigenvalue weighted by Crippen LogP contribution is 2.39. The van der Waals surface area contributed by atoms with Crippen LogP contribution in [0.15, 0.2) is 18.2 Å². The topological polar surface area (TPSA) is 74.6 Å². The lowest BCUT2D eigenvalue weighted by Crippen LogP contribution is -2.13. The van der Waals surface area contributed by atoms with Crippen molar-refractivity contribution in [2.75, 3.05) is 26.6 Å². The third-order valence-electron chi connectivity index (χ3n) is 3.44. The van der Waals surface area contributed by atoms with Crippen molar-refractivity contribution in [3.63, 3.8) is 0 Å². The van der Waals surface area contributed by atoms with Crippen LogP contribution in [-0.4, -0.2) is 37.0 Å². The number of anilines is 1. The van der Waals surface area contributed by atoms with E-state index in [-0.39, 0.29) is 5.91 Å². The first kappa shape index (κ1) is 16.7. The van der Waals surface area contributed by atoms with Crippen LogP contribution < -0.4 is 19.5 Å². The summed E-state index contributed by atoms with van der Waals surface area (Å²) in [4.78, 5) is 12.3. The van der Waals surface area contributed by atoms with Gasteiger partial charge in [0.1, 0.15) is 0 Å². The smallest absolute Gasteiger partial charge is 0.276 e. The molecule has 0 saturated carbocycles. The van der Waals surface area contributed by atoms with E-state index in [2.05, 4.69) is 10.4 Å². The van der Waals surface area contributed by atoms with Crippen LogP contribution in [0.4, 0.5) is 5.69 Å². The Morgan fingerprint density at radius 2 is 1.74 bits per heavy atom. The Morgan fingerprint density at radius 1 is 1.13 bits per heavy atom. The van der Waals surface area contributed by atoms with Crippen molar-refractivity contribution < 1.29 is 19.0 Å². The number of rotatable bonds is 6. The molecule has 0 unspecified atom stereocenters. The van der Waals surface area contributed by atoms with Gasteiger partial charge in [0.05, 0.1) is 21.3 Å². The van der Waals surface area contributed by atoms with Gasteiger partial charge in [0.2, 0.25) is 5.75 Å². The summed E-state index contributed by atoms with van der Waals surface area (Å²) < 4.78 is 17.6. The molecule has 7 nitrogen and oxygen atoms in total. The van der Waals surface area contributed by atoms with Gasteiger partial charge in [0, 0.05) is 30.1 Å². The number of nitrogens with zero attached hydrogens (tertiary/aromatic N) is 2. The van der Waals surface area contributed by atoms with Gasteiger partial charge < -0.3 is 19.5 Å². The Kier molecular flexibility index (Phi) is 5.10. The van der Waals surface area contributed by atoms with E-state index < -0.39 is 0 Å². The maximum Gasteiger partial charge on any atom is 0.276 e. The van der Waals surface area contributed by atoms with Gasteiger partial charge in [0.15, 0.2) is 17.2 Å². The van der Waals surface area contributed by atoms with E-state index in [1.807, 2.05) is 13.8 Å². The second-order valence-corrected chi connectivity index (χ2v) is 4.85. The van der Waals surface area contributed by atoms with Crippen LogP contribution in [0.25, 0.3) is 0 Å². The number of methoxy groups -OCH3 is 3. The van der Waals surface area contributed by atoms with Crippen LogP contribution in [-0.2, 0) is 6.54 Å². The van der Waals surface area contributed by atoms with Crippen molar-refractivity contribution in [2.45, 2.75) is 20.4 Å². The summed E-state index contributed by atoms with van der Waals surface area (Å²) in [5.74, 6) is 1.11. The molecule has 124 valence electrons. The van der Waals surface area contributed by atoms with Crippen LogP contribution >= 0.6 is 0 Å². The molecule has 1 aromatic heterocycles. The SMILES string of the molecule is CCn1nc(C(=O)Nc2cc(OC)c(OC)c(OC)c2)cc1C.